The molecule has 0 aliphatic carbocycles. The molecule has 0 bridgehead atoms. The molecule has 0 amide bonds. The summed E-state index contributed by atoms with van der Waals surface area (Å²) in [6, 6.07) is 2.34. The number of hydrogen-bond donors (Lipinski definition) is 1. The lowest BCUT2D eigenvalue weighted by Gasteiger charge is -2.33. The van der Waals surface area contributed by atoms with E-state index in [1.807, 2.05) is 0 Å². The van der Waals surface area contributed by atoms with Crippen LogP contribution in [0.25, 0.3) is 6.08 Å². The second-order valence-corrected chi connectivity index (χ2v) is 5.34. The van der Waals surface area contributed by atoms with Crippen LogP contribution < -0.4 is 4.90 Å². The monoisotopic (exact) mass is 295 g/mol. The van der Waals surface area contributed by atoms with E-state index in [9.17, 15) is 13.6 Å². The number of carbonyl (C=O) groups is 1. The van der Waals surface area contributed by atoms with Crippen molar-refractivity contribution in [3.8, 4) is 0 Å². The number of benzene rings is 1. The molecular weight excluding hydrogens is 276 g/mol. The Hall–Kier alpha value is -1.91. The van der Waals surface area contributed by atoms with Crippen LogP contribution in [0.1, 0.15) is 31.7 Å². The van der Waals surface area contributed by atoms with E-state index in [2.05, 4.69) is 6.92 Å². The minimum Gasteiger partial charge on any atom is -0.478 e. The van der Waals surface area contributed by atoms with Crippen molar-refractivity contribution in [2.24, 2.45) is 5.92 Å². The van der Waals surface area contributed by atoms with Crippen LogP contribution in [0.4, 0.5) is 14.5 Å². The van der Waals surface area contributed by atoms with Gasteiger partial charge < -0.3 is 10.0 Å². The lowest BCUT2D eigenvalue weighted by molar-refractivity contribution is -0.131. The highest BCUT2D eigenvalue weighted by Crippen LogP contribution is 2.30. The molecule has 0 unspecified atom stereocenters. The Morgan fingerprint density at radius 2 is 1.90 bits per heavy atom. The first-order valence-electron chi connectivity index (χ1n) is 7.16. The molecule has 114 valence electrons. The van der Waals surface area contributed by atoms with Gasteiger partial charge >= 0.3 is 5.97 Å². The summed E-state index contributed by atoms with van der Waals surface area (Å²) >= 11 is 0. The van der Waals surface area contributed by atoms with E-state index in [0.29, 0.717) is 19.0 Å². The minimum absolute atomic E-state index is 0.00275. The number of halogens is 2. The maximum Gasteiger partial charge on any atom is 0.328 e. The van der Waals surface area contributed by atoms with Gasteiger partial charge in [-0.25, -0.2) is 13.6 Å². The van der Waals surface area contributed by atoms with Gasteiger partial charge in [-0.1, -0.05) is 13.3 Å². The van der Waals surface area contributed by atoms with Gasteiger partial charge in [-0.3, -0.25) is 0 Å². The van der Waals surface area contributed by atoms with Crippen molar-refractivity contribution < 1.29 is 18.7 Å². The van der Waals surface area contributed by atoms with Gasteiger partial charge in [0.1, 0.15) is 17.3 Å². The highest BCUT2D eigenvalue weighted by molar-refractivity contribution is 5.85. The fourth-order valence-electron chi connectivity index (χ4n) is 2.72. The molecule has 1 saturated heterocycles. The molecule has 1 heterocycles. The van der Waals surface area contributed by atoms with Crippen molar-refractivity contribution in [1.29, 1.82) is 0 Å². The smallest absolute Gasteiger partial charge is 0.328 e. The number of piperidine rings is 1. The molecular formula is C16H19F2NO2. The molecule has 0 radical (unpaired) electrons. The molecule has 1 aromatic carbocycles. The van der Waals surface area contributed by atoms with Gasteiger partial charge in [0.25, 0.3) is 0 Å². The Labute approximate surface area is 122 Å². The third kappa shape index (κ3) is 3.80. The Morgan fingerprint density at radius 1 is 1.33 bits per heavy atom. The Kier molecular flexibility index (Phi) is 4.94. The number of nitrogens with zero attached hydrogens (tertiary/aromatic N) is 1. The van der Waals surface area contributed by atoms with Crippen LogP contribution in [0.3, 0.4) is 0 Å². The summed E-state index contributed by atoms with van der Waals surface area (Å²) in [5, 5.41) is 8.54. The number of aliphatic carboxylic acids is 1. The Balaban J connectivity index is 2.19. The average Bonchev–Trinajstić information content (AvgIpc) is 2.45. The summed E-state index contributed by atoms with van der Waals surface area (Å²) in [4.78, 5) is 12.2. The first-order chi connectivity index (χ1) is 10.0. The molecule has 2 rings (SSSR count). The Morgan fingerprint density at radius 3 is 2.38 bits per heavy atom. The molecule has 1 aromatic rings. The summed E-state index contributed by atoms with van der Waals surface area (Å²) in [5.41, 5.74) is 0.205. The SMILES string of the molecule is CCC1CCN(c2c(F)cc(C=CC(=O)O)cc2F)CC1. The van der Waals surface area contributed by atoms with Crippen molar-refractivity contribution in [2.75, 3.05) is 18.0 Å². The maximum atomic E-state index is 14.1. The van der Waals surface area contributed by atoms with Crippen molar-refractivity contribution in [2.45, 2.75) is 26.2 Å². The quantitative estimate of drug-likeness (QED) is 0.861. The lowest BCUT2D eigenvalue weighted by Crippen LogP contribution is -2.34. The first-order valence-corrected chi connectivity index (χ1v) is 7.16. The van der Waals surface area contributed by atoms with Crippen LogP contribution in [0.15, 0.2) is 18.2 Å². The van der Waals surface area contributed by atoms with Gasteiger partial charge in [0.05, 0.1) is 0 Å². The second-order valence-electron chi connectivity index (χ2n) is 5.34. The van der Waals surface area contributed by atoms with Crippen LogP contribution in [-0.2, 0) is 4.79 Å². The van der Waals surface area contributed by atoms with E-state index >= 15 is 0 Å². The maximum absolute atomic E-state index is 14.1. The highest BCUT2D eigenvalue weighted by atomic mass is 19.1. The van der Waals surface area contributed by atoms with Crippen LogP contribution in [0.5, 0.6) is 0 Å². The van der Waals surface area contributed by atoms with Gasteiger partial charge in [-0.2, -0.15) is 0 Å². The molecule has 0 saturated carbocycles. The normalized spacial score (nSPS) is 16.6. The van der Waals surface area contributed by atoms with Crippen molar-refractivity contribution in [1.82, 2.24) is 0 Å². The average molecular weight is 295 g/mol. The van der Waals surface area contributed by atoms with Crippen molar-refractivity contribution >= 4 is 17.7 Å². The number of anilines is 1. The molecule has 3 nitrogen and oxygen atoms in total. The zero-order valence-electron chi connectivity index (χ0n) is 12.0. The first kappa shape index (κ1) is 15.5. The largest absolute Gasteiger partial charge is 0.478 e. The van der Waals surface area contributed by atoms with E-state index in [1.54, 1.807) is 4.90 Å². The predicted octanol–water partition coefficient (Wildman–Crippen LogP) is 3.69. The van der Waals surface area contributed by atoms with Gasteiger partial charge in [-0.15, -0.1) is 0 Å². The van der Waals surface area contributed by atoms with Gasteiger partial charge in [0.2, 0.25) is 0 Å². The lowest BCUT2D eigenvalue weighted by atomic mass is 9.94. The standard InChI is InChI=1S/C16H19F2NO2/c1-2-11-5-7-19(8-6-11)16-13(17)9-12(10-14(16)18)3-4-15(20)21/h3-4,9-11H,2,5-8H2,1H3,(H,20,21). The number of carboxylic acids is 1. The van der Waals surface area contributed by atoms with Gasteiger partial charge in [-0.05, 0) is 42.5 Å². The topological polar surface area (TPSA) is 40.5 Å². The zero-order valence-corrected chi connectivity index (χ0v) is 12.0. The van der Waals surface area contributed by atoms with E-state index in [-0.39, 0.29) is 11.3 Å². The van der Waals surface area contributed by atoms with Crippen LogP contribution in [0.2, 0.25) is 0 Å². The van der Waals surface area contributed by atoms with Crippen molar-refractivity contribution in [3.63, 3.8) is 0 Å². The molecule has 1 fully saturated rings. The van der Waals surface area contributed by atoms with Crippen LogP contribution >= 0.6 is 0 Å². The summed E-state index contributed by atoms with van der Waals surface area (Å²) in [6.45, 7) is 3.43. The highest BCUT2D eigenvalue weighted by Gasteiger charge is 2.23. The minimum atomic E-state index is -1.15. The Bertz CT molecular complexity index is 526. The second kappa shape index (κ2) is 6.70. The summed E-state index contributed by atoms with van der Waals surface area (Å²) in [7, 11) is 0. The third-order valence-corrected chi connectivity index (χ3v) is 3.97. The predicted molar refractivity (Wildman–Crippen MR) is 78.3 cm³/mol. The van der Waals surface area contributed by atoms with E-state index < -0.39 is 17.6 Å². The number of hydrogen-bond acceptors (Lipinski definition) is 2. The molecule has 5 heteroatoms. The summed E-state index contributed by atoms with van der Waals surface area (Å²) in [5.74, 6) is -1.81. The van der Waals surface area contributed by atoms with Crippen LogP contribution in [0, 0.1) is 17.6 Å². The fraction of sp³-hybridized carbons (Fsp3) is 0.438. The summed E-state index contributed by atoms with van der Waals surface area (Å²) in [6.07, 6.45) is 5.02. The molecule has 21 heavy (non-hydrogen) atoms. The molecule has 1 N–H and O–H groups in total. The van der Waals surface area contributed by atoms with Crippen LogP contribution in [-0.4, -0.2) is 24.2 Å². The molecule has 1 aliphatic rings. The third-order valence-electron chi connectivity index (χ3n) is 3.97. The van der Waals surface area contributed by atoms with E-state index in [4.69, 9.17) is 5.11 Å². The number of carboxylic acid groups (broad SMARTS) is 1. The molecule has 0 spiro atoms. The van der Waals surface area contributed by atoms with E-state index in [1.165, 1.54) is 18.2 Å². The summed E-state index contributed by atoms with van der Waals surface area (Å²) < 4.78 is 28.3. The fourth-order valence-corrected chi connectivity index (χ4v) is 2.72. The van der Waals surface area contributed by atoms with E-state index in [0.717, 1.165) is 25.3 Å². The molecule has 1 aliphatic heterocycles. The van der Waals surface area contributed by atoms with Gasteiger partial charge in [0.15, 0.2) is 0 Å². The molecule has 0 aromatic heterocycles. The van der Waals surface area contributed by atoms with Crippen molar-refractivity contribution in [3.05, 3.63) is 35.4 Å². The molecule has 0 atom stereocenters. The van der Waals surface area contributed by atoms with Gasteiger partial charge in [0, 0.05) is 19.2 Å². The number of rotatable bonds is 4. The zero-order chi connectivity index (χ0) is 15.4.